The number of hydrogen-bond donors (Lipinski definition) is 1. The fourth-order valence-electron chi connectivity index (χ4n) is 2.20. The maximum absolute atomic E-state index is 14.3. The molecule has 1 heterocycles. The molecule has 0 unspecified atom stereocenters. The average molecular weight is 253 g/mol. The monoisotopic (exact) mass is 253 g/mol. The summed E-state index contributed by atoms with van der Waals surface area (Å²) in [5.74, 6) is 0.812. The summed E-state index contributed by atoms with van der Waals surface area (Å²) < 4.78 is 30.4. The van der Waals surface area contributed by atoms with Gasteiger partial charge in [-0.1, -0.05) is 0 Å². The highest BCUT2D eigenvalue weighted by molar-refractivity contribution is 5.54. The lowest BCUT2D eigenvalue weighted by Crippen LogP contribution is -2.26. The fourth-order valence-corrected chi connectivity index (χ4v) is 2.20. The van der Waals surface area contributed by atoms with Gasteiger partial charge in [0.05, 0.1) is 7.11 Å². The van der Waals surface area contributed by atoms with Crippen molar-refractivity contribution in [3.8, 4) is 17.2 Å². The van der Waals surface area contributed by atoms with Gasteiger partial charge in [-0.25, -0.2) is 4.39 Å². The summed E-state index contributed by atoms with van der Waals surface area (Å²) in [5, 5.41) is 0. The molecule has 0 amide bonds. The van der Waals surface area contributed by atoms with Crippen LogP contribution >= 0.6 is 0 Å². The fraction of sp³-hybridized carbons (Fsp3) is 0.538. The van der Waals surface area contributed by atoms with Crippen LogP contribution in [-0.4, -0.2) is 25.9 Å². The molecule has 0 saturated heterocycles. The van der Waals surface area contributed by atoms with Crippen LogP contribution in [0.25, 0.3) is 0 Å². The van der Waals surface area contributed by atoms with Gasteiger partial charge >= 0.3 is 0 Å². The van der Waals surface area contributed by atoms with Crippen LogP contribution in [0.3, 0.4) is 0 Å². The molecule has 5 heteroatoms. The Hall–Kier alpha value is -1.49. The van der Waals surface area contributed by atoms with E-state index < -0.39 is 5.82 Å². The van der Waals surface area contributed by atoms with Crippen molar-refractivity contribution in [1.29, 1.82) is 0 Å². The largest absolute Gasteiger partial charge is 0.494 e. The lowest BCUT2D eigenvalue weighted by molar-refractivity contribution is 0.167. The van der Waals surface area contributed by atoms with Gasteiger partial charge in [-0.2, -0.15) is 0 Å². The molecular formula is C13H16FNO3. The first-order chi connectivity index (χ1) is 8.63. The Morgan fingerprint density at radius 1 is 1.39 bits per heavy atom. The number of halogens is 1. The predicted octanol–water partition coefficient (Wildman–Crippen LogP) is 1.64. The van der Waals surface area contributed by atoms with E-state index in [1.165, 1.54) is 13.2 Å². The third kappa shape index (κ3) is 1.88. The molecular weight excluding hydrogens is 237 g/mol. The molecule has 0 atom stereocenters. The van der Waals surface area contributed by atoms with E-state index in [4.69, 9.17) is 19.9 Å². The minimum Gasteiger partial charge on any atom is -0.494 e. The second kappa shape index (κ2) is 4.02. The van der Waals surface area contributed by atoms with Gasteiger partial charge in [-0.3, -0.25) is 0 Å². The van der Waals surface area contributed by atoms with Crippen LogP contribution < -0.4 is 19.9 Å². The third-order valence-corrected chi connectivity index (χ3v) is 3.47. The Labute approximate surface area is 105 Å². The highest BCUT2D eigenvalue weighted by atomic mass is 19.1. The first kappa shape index (κ1) is 11.6. The highest BCUT2D eigenvalue weighted by Gasteiger charge is 2.41. The molecule has 0 spiro atoms. The second-order valence-corrected chi connectivity index (χ2v) is 4.93. The van der Waals surface area contributed by atoms with Crippen molar-refractivity contribution in [1.82, 2.24) is 0 Å². The van der Waals surface area contributed by atoms with Crippen LogP contribution in [0.4, 0.5) is 4.39 Å². The lowest BCUT2D eigenvalue weighted by atomic mass is 10.0. The van der Waals surface area contributed by atoms with Crippen LogP contribution in [0.15, 0.2) is 6.07 Å². The maximum Gasteiger partial charge on any atom is 0.172 e. The van der Waals surface area contributed by atoms with E-state index in [1.54, 1.807) is 0 Å². The molecule has 0 aromatic heterocycles. The predicted molar refractivity (Wildman–Crippen MR) is 63.8 cm³/mol. The molecule has 1 aromatic carbocycles. The summed E-state index contributed by atoms with van der Waals surface area (Å²) in [4.78, 5) is 0. The van der Waals surface area contributed by atoms with Crippen molar-refractivity contribution in [3.63, 3.8) is 0 Å². The quantitative estimate of drug-likeness (QED) is 0.889. The number of benzene rings is 1. The average Bonchev–Trinajstić information content (AvgIpc) is 3.10. The molecule has 2 aliphatic rings. The van der Waals surface area contributed by atoms with Crippen molar-refractivity contribution in [2.24, 2.45) is 5.73 Å². The Balaban J connectivity index is 2.07. The SMILES string of the molecule is COc1cc2c(c(CC3(N)CC3)c1F)OCCO2. The maximum atomic E-state index is 14.3. The summed E-state index contributed by atoms with van der Waals surface area (Å²) in [7, 11) is 1.44. The van der Waals surface area contributed by atoms with Gasteiger partial charge in [0.1, 0.15) is 13.2 Å². The number of ether oxygens (including phenoxy) is 3. The van der Waals surface area contributed by atoms with E-state index in [2.05, 4.69) is 0 Å². The van der Waals surface area contributed by atoms with Gasteiger partial charge in [-0.15, -0.1) is 0 Å². The molecule has 1 saturated carbocycles. The van der Waals surface area contributed by atoms with Gasteiger partial charge in [-0.05, 0) is 19.3 Å². The minimum absolute atomic E-state index is 0.179. The zero-order chi connectivity index (χ0) is 12.8. The van der Waals surface area contributed by atoms with Crippen molar-refractivity contribution in [2.75, 3.05) is 20.3 Å². The topological polar surface area (TPSA) is 53.7 Å². The van der Waals surface area contributed by atoms with E-state index in [1.807, 2.05) is 0 Å². The molecule has 18 heavy (non-hydrogen) atoms. The van der Waals surface area contributed by atoms with Gasteiger partial charge in [0.2, 0.25) is 0 Å². The molecule has 3 rings (SSSR count). The van der Waals surface area contributed by atoms with Gasteiger partial charge in [0.25, 0.3) is 0 Å². The van der Waals surface area contributed by atoms with E-state index in [9.17, 15) is 4.39 Å². The summed E-state index contributed by atoms with van der Waals surface area (Å²) in [6.45, 7) is 0.901. The molecule has 1 fully saturated rings. The van der Waals surface area contributed by atoms with Crippen LogP contribution in [0, 0.1) is 5.82 Å². The number of rotatable bonds is 3. The van der Waals surface area contributed by atoms with Crippen molar-refractivity contribution >= 4 is 0 Å². The van der Waals surface area contributed by atoms with Gasteiger partial charge in [0, 0.05) is 17.2 Å². The highest BCUT2D eigenvalue weighted by Crippen LogP contribution is 2.45. The van der Waals surface area contributed by atoms with Crippen molar-refractivity contribution in [3.05, 3.63) is 17.4 Å². The Morgan fingerprint density at radius 3 is 2.78 bits per heavy atom. The Morgan fingerprint density at radius 2 is 2.11 bits per heavy atom. The molecule has 1 aliphatic carbocycles. The summed E-state index contributed by atoms with van der Waals surface area (Å²) >= 11 is 0. The van der Waals surface area contributed by atoms with E-state index in [0.717, 1.165) is 12.8 Å². The summed E-state index contributed by atoms with van der Waals surface area (Å²) in [6, 6.07) is 1.53. The molecule has 1 aromatic rings. The summed E-state index contributed by atoms with van der Waals surface area (Å²) in [5.41, 5.74) is 6.25. The van der Waals surface area contributed by atoms with E-state index >= 15 is 0 Å². The molecule has 1 aliphatic heterocycles. The number of nitrogens with two attached hydrogens (primary N) is 1. The summed E-state index contributed by atoms with van der Waals surface area (Å²) in [6.07, 6.45) is 2.29. The normalized spacial score (nSPS) is 19.5. The van der Waals surface area contributed by atoms with Crippen molar-refractivity contribution < 1.29 is 18.6 Å². The number of fused-ring (bicyclic) bond motifs is 1. The molecule has 2 N–H and O–H groups in total. The third-order valence-electron chi connectivity index (χ3n) is 3.47. The van der Waals surface area contributed by atoms with E-state index in [0.29, 0.717) is 36.7 Å². The van der Waals surface area contributed by atoms with Gasteiger partial charge < -0.3 is 19.9 Å². The molecule has 4 nitrogen and oxygen atoms in total. The van der Waals surface area contributed by atoms with E-state index in [-0.39, 0.29) is 11.3 Å². The van der Waals surface area contributed by atoms with Crippen LogP contribution in [0.5, 0.6) is 17.2 Å². The lowest BCUT2D eigenvalue weighted by Gasteiger charge is -2.23. The second-order valence-electron chi connectivity index (χ2n) is 4.93. The minimum atomic E-state index is -0.390. The number of hydrogen-bond acceptors (Lipinski definition) is 4. The zero-order valence-corrected chi connectivity index (χ0v) is 10.3. The first-order valence-corrected chi connectivity index (χ1v) is 6.07. The number of methoxy groups -OCH3 is 1. The van der Waals surface area contributed by atoms with Gasteiger partial charge in [0.15, 0.2) is 23.1 Å². The van der Waals surface area contributed by atoms with Crippen LogP contribution in [-0.2, 0) is 6.42 Å². The van der Waals surface area contributed by atoms with Crippen LogP contribution in [0.1, 0.15) is 18.4 Å². The first-order valence-electron chi connectivity index (χ1n) is 6.07. The molecule has 0 radical (unpaired) electrons. The Kier molecular flexibility index (Phi) is 2.59. The molecule has 0 bridgehead atoms. The molecule has 98 valence electrons. The standard InChI is InChI=1S/C13H16FNO3/c1-16-9-6-10-12(18-5-4-17-10)8(11(9)14)7-13(15)2-3-13/h6H,2-5,7,15H2,1H3. The van der Waals surface area contributed by atoms with Crippen LogP contribution in [0.2, 0.25) is 0 Å². The van der Waals surface area contributed by atoms with Crippen molar-refractivity contribution in [2.45, 2.75) is 24.8 Å². The zero-order valence-electron chi connectivity index (χ0n) is 10.3. The Bertz CT molecular complexity index is 486. The smallest absolute Gasteiger partial charge is 0.172 e.